The standard InChI is InChI=1S/C29H42N8O3/c1-4-18(2)24(27(39)36-23(26(32)38)11-8-16-35-29(33)34)37(3)28(40)22(20-9-6-5-7-10-20)17-19-12-14-21(15-13-19)25(30)31/h5-7,9-10,12-15,18,22-24H,4,8,11,16-17H2,1-3H3,(H3,30,31)(H2,32,38)(H,36,39)(H4,33,34,35)/t18?,22?,23-,24-/m0/s1. The molecule has 0 saturated heterocycles. The van der Waals surface area contributed by atoms with Gasteiger partial charge >= 0.3 is 0 Å². The lowest BCUT2D eigenvalue weighted by Crippen LogP contribution is -2.56. The quantitative estimate of drug-likeness (QED) is 0.109. The summed E-state index contributed by atoms with van der Waals surface area (Å²) in [6.45, 7) is 4.13. The predicted molar refractivity (Wildman–Crippen MR) is 157 cm³/mol. The van der Waals surface area contributed by atoms with Crippen LogP contribution < -0.4 is 28.3 Å². The van der Waals surface area contributed by atoms with Gasteiger partial charge in [0.15, 0.2) is 5.96 Å². The number of carbonyl (C=O) groups excluding carboxylic acids is 3. The van der Waals surface area contributed by atoms with Gasteiger partial charge in [-0.05, 0) is 36.3 Å². The van der Waals surface area contributed by atoms with E-state index in [4.69, 9.17) is 28.3 Å². The summed E-state index contributed by atoms with van der Waals surface area (Å²) in [6, 6.07) is 14.8. The van der Waals surface area contributed by atoms with Crippen LogP contribution in [0.4, 0.5) is 0 Å². The molecule has 0 radical (unpaired) electrons. The van der Waals surface area contributed by atoms with E-state index in [1.165, 1.54) is 4.90 Å². The molecular formula is C29H42N8O3. The number of nitrogens with zero attached hydrogens (tertiary/aromatic N) is 2. The Balaban J connectivity index is 2.32. The number of guanidine groups is 1. The van der Waals surface area contributed by atoms with Gasteiger partial charge in [0.2, 0.25) is 17.7 Å². The molecule has 2 aromatic carbocycles. The van der Waals surface area contributed by atoms with Gasteiger partial charge in [0, 0.05) is 19.2 Å². The zero-order valence-corrected chi connectivity index (χ0v) is 23.5. The second-order valence-corrected chi connectivity index (χ2v) is 9.97. The molecular weight excluding hydrogens is 508 g/mol. The number of benzene rings is 2. The summed E-state index contributed by atoms with van der Waals surface area (Å²) in [6.07, 6.45) is 1.71. The number of amidine groups is 1. The molecule has 3 amide bonds. The molecule has 4 atom stereocenters. The average Bonchev–Trinajstić information content (AvgIpc) is 2.93. The highest BCUT2D eigenvalue weighted by Gasteiger charge is 2.36. The molecule has 0 fully saturated rings. The minimum absolute atomic E-state index is 0.0325. The van der Waals surface area contributed by atoms with Crippen molar-refractivity contribution in [1.29, 1.82) is 5.41 Å². The monoisotopic (exact) mass is 550 g/mol. The van der Waals surface area contributed by atoms with Crippen molar-refractivity contribution in [1.82, 2.24) is 10.2 Å². The number of primary amides is 1. The molecule has 0 aliphatic rings. The molecule has 11 nitrogen and oxygen atoms in total. The van der Waals surface area contributed by atoms with Crippen LogP contribution in [-0.4, -0.2) is 60.1 Å². The van der Waals surface area contributed by atoms with Crippen molar-refractivity contribution in [2.24, 2.45) is 33.8 Å². The van der Waals surface area contributed by atoms with Crippen LogP contribution in [0.25, 0.3) is 0 Å². The van der Waals surface area contributed by atoms with E-state index in [2.05, 4.69) is 10.3 Å². The van der Waals surface area contributed by atoms with E-state index in [9.17, 15) is 14.4 Å². The maximum atomic E-state index is 14.0. The largest absolute Gasteiger partial charge is 0.384 e. The second kappa shape index (κ2) is 15.2. The van der Waals surface area contributed by atoms with Crippen molar-refractivity contribution < 1.29 is 14.4 Å². The van der Waals surface area contributed by atoms with Gasteiger partial charge in [0.1, 0.15) is 17.9 Å². The maximum Gasteiger partial charge on any atom is 0.243 e. The first-order chi connectivity index (χ1) is 19.0. The van der Waals surface area contributed by atoms with Crippen molar-refractivity contribution in [3.8, 4) is 0 Å². The van der Waals surface area contributed by atoms with Crippen LogP contribution in [0.3, 0.4) is 0 Å². The maximum absolute atomic E-state index is 14.0. The minimum atomic E-state index is -0.929. The number of nitrogens with two attached hydrogens (primary N) is 4. The van der Waals surface area contributed by atoms with Crippen molar-refractivity contribution in [2.45, 2.75) is 57.5 Å². The summed E-state index contributed by atoms with van der Waals surface area (Å²) in [5.74, 6) is -2.21. The van der Waals surface area contributed by atoms with Gasteiger partial charge in [0.25, 0.3) is 0 Å². The first-order valence-corrected chi connectivity index (χ1v) is 13.4. The van der Waals surface area contributed by atoms with Gasteiger partial charge in [-0.15, -0.1) is 0 Å². The van der Waals surface area contributed by atoms with Crippen LogP contribution in [0.2, 0.25) is 0 Å². The summed E-state index contributed by atoms with van der Waals surface area (Å²) >= 11 is 0. The third-order valence-electron chi connectivity index (χ3n) is 7.03. The number of carbonyl (C=O) groups is 3. The highest BCUT2D eigenvalue weighted by Crippen LogP contribution is 2.26. The van der Waals surface area contributed by atoms with Gasteiger partial charge in [-0.3, -0.25) is 24.8 Å². The van der Waals surface area contributed by atoms with Gasteiger partial charge < -0.3 is 33.2 Å². The Hall–Kier alpha value is -4.41. The Morgan fingerprint density at radius 1 is 1.00 bits per heavy atom. The van der Waals surface area contributed by atoms with Crippen molar-refractivity contribution in [3.05, 3.63) is 71.3 Å². The molecule has 0 bridgehead atoms. The van der Waals surface area contributed by atoms with E-state index in [1.54, 1.807) is 19.2 Å². The van der Waals surface area contributed by atoms with Gasteiger partial charge in [-0.25, -0.2) is 0 Å². The molecule has 2 rings (SSSR count). The van der Waals surface area contributed by atoms with Crippen LogP contribution in [0.15, 0.2) is 59.6 Å². The smallest absolute Gasteiger partial charge is 0.243 e. The Morgan fingerprint density at radius 3 is 2.15 bits per heavy atom. The van der Waals surface area contributed by atoms with E-state index in [0.717, 1.165) is 11.1 Å². The van der Waals surface area contributed by atoms with Crippen LogP contribution in [0.1, 0.15) is 55.7 Å². The first-order valence-electron chi connectivity index (χ1n) is 13.4. The molecule has 11 heteroatoms. The summed E-state index contributed by atoms with van der Waals surface area (Å²) in [5.41, 5.74) is 24.2. The third-order valence-corrected chi connectivity index (χ3v) is 7.03. The number of hydrogen-bond acceptors (Lipinski definition) is 5. The van der Waals surface area contributed by atoms with Crippen molar-refractivity contribution in [3.63, 3.8) is 0 Å². The summed E-state index contributed by atoms with van der Waals surface area (Å²) in [4.78, 5) is 45.1. The Morgan fingerprint density at radius 2 is 1.62 bits per heavy atom. The zero-order valence-electron chi connectivity index (χ0n) is 23.5. The third kappa shape index (κ3) is 9.11. The summed E-state index contributed by atoms with van der Waals surface area (Å²) in [5, 5.41) is 10.4. The number of amides is 3. The highest BCUT2D eigenvalue weighted by atomic mass is 16.2. The van der Waals surface area contributed by atoms with Crippen LogP contribution in [0.5, 0.6) is 0 Å². The number of rotatable bonds is 15. The zero-order chi connectivity index (χ0) is 29.8. The first kappa shape index (κ1) is 31.8. The fraction of sp³-hybridized carbons (Fsp3) is 0.414. The summed E-state index contributed by atoms with van der Waals surface area (Å²) in [7, 11) is 1.62. The Labute approximate surface area is 235 Å². The van der Waals surface area contributed by atoms with Gasteiger partial charge in [-0.1, -0.05) is 74.9 Å². The molecule has 2 unspecified atom stereocenters. The Kier molecular flexibility index (Phi) is 12.1. The second-order valence-electron chi connectivity index (χ2n) is 9.97. The number of nitrogen functional groups attached to an aromatic ring is 1. The molecule has 0 saturated carbocycles. The average molecular weight is 551 g/mol. The van der Waals surface area contributed by atoms with Crippen LogP contribution in [0, 0.1) is 11.3 Å². The van der Waals surface area contributed by atoms with Crippen LogP contribution >= 0.6 is 0 Å². The molecule has 0 aromatic heterocycles. The lowest BCUT2D eigenvalue weighted by molar-refractivity contribution is -0.142. The predicted octanol–water partition coefficient (Wildman–Crippen LogP) is 1.19. The molecule has 0 spiro atoms. The van der Waals surface area contributed by atoms with Gasteiger partial charge in [-0.2, -0.15) is 0 Å². The normalized spacial score (nSPS) is 13.8. The molecule has 0 aliphatic heterocycles. The molecule has 216 valence electrons. The molecule has 40 heavy (non-hydrogen) atoms. The lowest BCUT2D eigenvalue weighted by Gasteiger charge is -2.35. The molecule has 0 aliphatic carbocycles. The lowest BCUT2D eigenvalue weighted by atomic mass is 9.88. The number of hydrogen-bond donors (Lipinski definition) is 6. The number of nitrogens with one attached hydrogen (secondary N) is 2. The van der Waals surface area contributed by atoms with E-state index in [0.29, 0.717) is 31.4 Å². The van der Waals surface area contributed by atoms with E-state index in [1.807, 2.05) is 56.3 Å². The van der Waals surface area contributed by atoms with Crippen molar-refractivity contribution in [2.75, 3.05) is 13.6 Å². The van der Waals surface area contributed by atoms with Gasteiger partial charge in [0.05, 0.1) is 5.92 Å². The SMILES string of the molecule is CCC(C)[C@@H](C(=O)N[C@@H](CCCN=C(N)N)C(N)=O)N(C)C(=O)C(Cc1ccc(C(=N)N)cc1)c1ccccc1. The summed E-state index contributed by atoms with van der Waals surface area (Å²) < 4.78 is 0. The van der Waals surface area contributed by atoms with E-state index >= 15 is 0 Å². The van der Waals surface area contributed by atoms with Crippen LogP contribution in [-0.2, 0) is 20.8 Å². The highest BCUT2D eigenvalue weighted by molar-refractivity contribution is 5.95. The topological polar surface area (TPSA) is 207 Å². The van der Waals surface area contributed by atoms with Crippen molar-refractivity contribution >= 4 is 29.5 Å². The molecule has 10 N–H and O–H groups in total. The fourth-order valence-electron chi connectivity index (χ4n) is 4.56. The minimum Gasteiger partial charge on any atom is -0.384 e. The molecule has 0 heterocycles. The number of likely N-dealkylation sites (N-methyl/N-ethyl adjacent to an activating group) is 1. The Bertz CT molecular complexity index is 1180. The fourth-order valence-corrected chi connectivity index (χ4v) is 4.56. The molecule has 2 aromatic rings. The van der Waals surface area contributed by atoms with E-state index in [-0.39, 0.29) is 30.0 Å². The van der Waals surface area contributed by atoms with E-state index < -0.39 is 29.8 Å². The number of aliphatic imine (C=N–C) groups is 1.